The molecule has 7 heteroatoms. The van der Waals surface area contributed by atoms with Crippen LogP contribution in [0.5, 0.6) is 0 Å². The second kappa shape index (κ2) is 4.52. The van der Waals surface area contributed by atoms with Crippen molar-refractivity contribution in [2.45, 2.75) is 6.92 Å². The van der Waals surface area contributed by atoms with E-state index < -0.39 is 5.97 Å². The molecule has 0 bridgehead atoms. The Morgan fingerprint density at radius 3 is 3.16 bits per heavy atom. The van der Waals surface area contributed by atoms with Gasteiger partial charge in [0.15, 0.2) is 5.65 Å². The van der Waals surface area contributed by atoms with Crippen LogP contribution in [0.4, 0.5) is 0 Å². The molecule has 0 saturated carbocycles. The maximum Gasteiger partial charge on any atom is 0.342 e. The zero-order chi connectivity index (χ0) is 13.2. The Hall–Kier alpha value is -2.70. The van der Waals surface area contributed by atoms with Crippen molar-refractivity contribution >= 4 is 11.6 Å². The molecule has 0 unspecified atom stereocenters. The first kappa shape index (κ1) is 11.4. The molecule has 19 heavy (non-hydrogen) atoms. The van der Waals surface area contributed by atoms with Gasteiger partial charge in [-0.15, -0.1) is 5.10 Å². The number of rotatable bonds is 3. The summed E-state index contributed by atoms with van der Waals surface area (Å²) in [5, 5.41) is 10.9. The van der Waals surface area contributed by atoms with E-state index in [0.29, 0.717) is 29.3 Å². The number of fused-ring (bicyclic) bond motifs is 1. The third kappa shape index (κ3) is 1.95. The molecule has 0 spiro atoms. The van der Waals surface area contributed by atoms with E-state index in [0.717, 1.165) is 0 Å². The fourth-order valence-corrected chi connectivity index (χ4v) is 1.76. The van der Waals surface area contributed by atoms with E-state index in [1.165, 1.54) is 6.20 Å². The Morgan fingerprint density at radius 1 is 1.47 bits per heavy atom. The zero-order valence-electron chi connectivity index (χ0n) is 10.2. The van der Waals surface area contributed by atoms with Crippen molar-refractivity contribution < 1.29 is 9.53 Å². The predicted molar refractivity (Wildman–Crippen MR) is 66.5 cm³/mol. The van der Waals surface area contributed by atoms with Gasteiger partial charge in [-0.05, 0) is 19.1 Å². The molecule has 0 aromatic carbocycles. The molecule has 0 radical (unpaired) electrons. The summed E-state index contributed by atoms with van der Waals surface area (Å²) in [6, 6.07) is 5.54. The van der Waals surface area contributed by atoms with Crippen molar-refractivity contribution in [3.63, 3.8) is 0 Å². The molecule has 3 aromatic rings. The van der Waals surface area contributed by atoms with Gasteiger partial charge in [0.2, 0.25) is 5.82 Å². The fourth-order valence-electron chi connectivity index (χ4n) is 1.76. The first-order valence-electron chi connectivity index (χ1n) is 5.82. The van der Waals surface area contributed by atoms with E-state index in [9.17, 15) is 4.79 Å². The van der Waals surface area contributed by atoms with E-state index in [1.807, 2.05) is 18.2 Å². The third-order valence-electron chi connectivity index (χ3n) is 2.59. The number of nitrogens with one attached hydrogen (secondary N) is 1. The molecule has 3 heterocycles. The molecule has 96 valence electrons. The van der Waals surface area contributed by atoms with Gasteiger partial charge in [-0.2, -0.15) is 5.10 Å². The van der Waals surface area contributed by atoms with Crippen molar-refractivity contribution in [3.05, 3.63) is 36.2 Å². The number of pyridine rings is 1. The molecule has 0 fully saturated rings. The Bertz CT molecular complexity index is 697. The number of H-pyrrole nitrogens is 1. The summed E-state index contributed by atoms with van der Waals surface area (Å²) in [5.41, 5.74) is 1.41. The fraction of sp³-hybridized carbons (Fsp3) is 0.167. The SMILES string of the molecule is CCOC(=O)c1c[nH]nc1-c1nc2ccccn2n1. The summed E-state index contributed by atoms with van der Waals surface area (Å²) in [5.74, 6) is -0.0550. The maximum absolute atomic E-state index is 11.8. The first-order chi connectivity index (χ1) is 9.29. The molecule has 0 amide bonds. The van der Waals surface area contributed by atoms with E-state index in [-0.39, 0.29) is 0 Å². The Balaban J connectivity index is 2.07. The number of nitrogens with zero attached hydrogens (tertiary/aromatic N) is 4. The van der Waals surface area contributed by atoms with Crippen LogP contribution in [0.3, 0.4) is 0 Å². The standard InChI is InChI=1S/C12H11N5O2/c1-2-19-12(18)8-7-13-15-10(8)11-14-9-5-3-4-6-17(9)16-11/h3-7H,2H2,1H3,(H,13,15). The Kier molecular flexibility index (Phi) is 2.71. The predicted octanol–water partition coefficient (Wildman–Crippen LogP) is 1.30. The van der Waals surface area contributed by atoms with E-state index in [4.69, 9.17) is 4.74 Å². The van der Waals surface area contributed by atoms with Gasteiger partial charge in [-0.3, -0.25) is 5.10 Å². The van der Waals surface area contributed by atoms with Crippen molar-refractivity contribution in [3.8, 4) is 11.5 Å². The van der Waals surface area contributed by atoms with Crippen molar-refractivity contribution in [2.24, 2.45) is 0 Å². The highest BCUT2D eigenvalue weighted by atomic mass is 16.5. The molecule has 0 saturated heterocycles. The molecular formula is C12H11N5O2. The highest BCUT2D eigenvalue weighted by Crippen LogP contribution is 2.18. The molecule has 7 nitrogen and oxygen atoms in total. The maximum atomic E-state index is 11.8. The summed E-state index contributed by atoms with van der Waals surface area (Å²) in [7, 11) is 0. The molecule has 0 aliphatic rings. The van der Waals surface area contributed by atoms with Gasteiger partial charge in [0.25, 0.3) is 0 Å². The average molecular weight is 257 g/mol. The lowest BCUT2D eigenvalue weighted by molar-refractivity contribution is 0.0527. The normalized spacial score (nSPS) is 10.8. The number of esters is 1. The van der Waals surface area contributed by atoms with Crippen LogP contribution in [-0.2, 0) is 4.74 Å². The number of carbonyl (C=O) groups excluding carboxylic acids is 1. The van der Waals surface area contributed by atoms with E-state index in [2.05, 4.69) is 20.3 Å². The summed E-state index contributed by atoms with van der Waals surface area (Å²) >= 11 is 0. The van der Waals surface area contributed by atoms with Crippen LogP contribution in [0.1, 0.15) is 17.3 Å². The average Bonchev–Trinajstić information content (AvgIpc) is 3.05. The number of aromatic nitrogens is 5. The number of ether oxygens (including phenoxy) is 1. The minimum atomic E-state index is -0.440. The summed E-state index contributed by atoms with van der Waals surface area (Å²) < 4.78 is 6.59. The van der Waals surface area contributed by atoms with Gasteiger partial charge in [0.1, 0.15) is 11.3 Å². The van der Waals surface area contributed by atoms with Crippen LogP contribution in [0.25, 0.3) is 17.2 Å². The molecule has 1 N–H and O–H groups in total. The molecule has 0 aliphatic heterocycles. The van der Waals surface area contributed by atoms with Crippen molar-refractivity contribution in [1.82, 2.24) is 24.8 Å². The zero-order valence-corrected chi connectivity index (χ0v) is 10.2. The Labute approximate surface area is 108 Å². The van der Waals surface area contributed by atoms with Gasteiger partial charge in [0.05, 0.1) is 6.61 Å². The second-order valence-corrected chi connectivity index (χ2v) is 3.81. The van der Waals surface area contributed by atoms with Gasteiger partial charge < -0.3 is 4.74 Å². The number of hydrogen-bond donors (Lipinski definition) is 1. The van der Waals surface area contributed by atoms with Crippen LogP contribution >= 0.6 is 0 Å². The first-order valence-corrected chi connectivity index (χ1v) is 5.82. The van der Waals surface area contributed by atoms with Crippen LogP contribution < -0.4 is 0 Å². The lowest BCUT2D eigenvalue weighted by atomic mass is 10.2. The lowest BCUT2D eigenvalue weighted by Gasteiger charge is -1.98. The minimum absolute atomic E-state index is 0.308. The van der Waals surface area contributed by atoms with E-state index in [1.54, 1.807) is 17.6 Å². The number of carbonyl (C=O) groups is 1. The molecule has 3 aromatic heterocycles. The second-order valence-electron chi connectivity index (χ2n) is 3.81. The topological polar surface area (TPSA) is 85.2 Å². The number of hydrogen-bond acceptors (Lipinski definition) is 5. The molecule has 3 rings (SSSR count). The third-order valence-corrected chi connectivity index (χ3v) is 2.59. The highest BCUT2D eigenvalue weighted by Gasteiger charge is 2.20. The van der Waals surface area contributed by atoms with Crippen LogP contribution in [0.15, 0.2) is 30.6 Å². The van der Waals surface area contributed by atoms with Gasteiger partial charge >= 0.3 is 5.97 Å². The molecule has 0 aliphatic carbocycles. The number of aromatic amines is 1. The summed E-state index contributed by atoms with van der Waals surface area (Å²) in [4.78, 5) is 16.1. The smallest absolute Gasteiger partial charge is 0.342 e. The summed E-state index contributed by atoms with van der Waals surface area (Å²) in [6.07, 6.45) is 3.27. The van der Waals surface area contributed by atoms with Crippen LogP contribution in [-0.4, -0.2) is 37.4 Å². The van der Waals surface area contributed by atoms with Gasteiger partial charge in [-0.25, -0.2) is 14.3 Å². The van der Waals surface area contributed by atoms with Crippen LogP contribution in [0.2, 0.25) is 0 Å². The summed E-state index contributed by atoms with van der Waals surface area (Å²) in [6.45, 7) is 2.06. The molecular weight excluding hydrogens is 246 g/mol. The monoisotopic (exact) mass is 257 g/mol. The van der Waals surface area contributed by atoms with Crippen LogP contribution in [0, 0.1) is 0 Å². The lowest BCUT2D eigenvalue weighted by Crippen LogP contribution is -2.05. The Morgan fingerprint density at radius 2 is 2.37 bits per heavy atom. The highest BCUT2D eigenvalue weighted by molar-refractivity contribution is 5.95. The largest absolute Gasteiger partial charge is 0.462 e. The molecule has 0 atom stereocenters. The van der Waals surface area contributed by atoms with Crippen molar-refractivity contribution in [2.75, 3.05) is 6.61 Å². The van der Waals surface area contributed by atoms with E-state index >= 15 is 0 Å². The van der Waals surface area contributed by atoms with Crippen molar-refractivity contribution in [1.29, 1.82) is 0 Å². The quantitative estimate of drug-likeness (QED) is 0.715. The van der Waals surface area contributed by atoms with Gasteiger partial charge in [-0.1, -0.05) is 6.07 Å². The van der Waals surface area contributed by atoms with Gasteiger partial charge in [0, 0.05) is 12.4 Å². The minimum Gasteiger partial charge on any atom is -0.462 e.